The van der Waals surface area contributed by atoms with Gasteiger partial charge < -0.3 is 5.11 Å². The zero-order chi connectivity index (χ0) is 20.5. The highest BCUT2D eigenvalue weighted by molar-refractivity contribution is 5.96. The van der Waals surface area contributed by atoms with Gasteiger partial charge in [-0.05, 0) is 56.1 Å². The van der Waals surface area contributed by atoms with E-state index in [0.717, 1.165) is 29.7 Å². The van der Waals surface area contributed by atoms with Crippen LogP contribution in [-0.4, -0.2) is 26.3 Å². The maximum Gasteiger partial charge on any atom is 0.267 e. The first-order chi connectivity index (χ1) is 13.1. The summed E-state index contributed by atoms with van der Waals surface area (Å²) < 4.78 is 1.35. The number of benzene rings is 1. The SMILES string of the molecule is CC(C)c1ccc(C(=O)CC2CCc3nn(CC(C)(C)O)c(=O)cc3C2)cc1. The van der Waals surface area contributed by atoms with Crippen LogP contribution in [0.15, 0.2) is 35.1 Å². The average Bonchev–Trinajstić information content (AvgIpc) is 2.61. The van der Waals surface area contributed by atoms with Crippen LogP contribution in [0.1, 0.15) is 73.6 Å². The number of aryl methyl sites for hydroxylation is 1. The molecule has 0 bridgehead atoms. The number of hydrogen-bond acceptors (Lipinski definition) is 4. The molecule has 150 valence electrons. The van der Waals surface area contributed by atoms with Crippen LogP contribution in [0.5, 0.6) is 0 Å². The molecule has 0 amide bonds. The van der Waals surface area contributed by atoms with Gasteiger partial charge in [-0.25, -0.2) is 4.68 Å². The molecule has 2 aromatic rings. The summed E-state index contributed by atoms with van der Waals surface area (Å²) in [5.41, 5.74) is 2.66. The first kappa shape index (κ1) is 20.5. The minimum atomic E-state index is -0.986. The molecule has 0 spiro atoms. The van der Waals surface area contributed by atoms with Crippen molar-refractivity contribution in [3.05, 3.63) is 63.1 Å². The lowest BCUT2D eigenvalue weighted by atomic mass is 9.83. The van der Waals surface area contributed by atoms with Crippen LogP contribution in [-0.2, 0) is 19.4 Å². The quantitative estimate of drug-likeness (QED) is 0.776. The molecule has 0 aliphatic heterocycles. The molecule has 1 aromatic carbocycles. The van der Waals surface area contributed by atoms with Crippen molar-refractivity contribution in [2.24, 2.45) is 5.92 Å². The maximum absolute atomic E-state index is 12.7. The van der Waals surface area contributed by atoms with E-state index in [2.05, 4.69) is 18.9 Å². The van der Waals surface area contributed by atoms with Crippen LogP contribution in [0.3, 0.4) is 0 Å². The molecule has 3 rings (SSSR count). The predicted octanol–water partition coefficient (Wildman–Crippen LogP) is 3.52. The zero-order valence-corrected chi connectivity index (χ0v) is 17.2. The van der Waals surface area contributed by atoms with Crippen molar-refractivity contribution in [3.63, 3.8) is 0 Å². The fraction of sp³-hybridized carbons (Fsp3) is 0.522. The maximum atomic E-state index is 12.7. The summed E-state index contributed by atoms with van der Waals surface area (Å²) in [6.45, 7) is 7.78. The Labute approximate surface area is 166 Å². The fourth-order valence-electron chi connectivity index (χ4n) is 3.80. The van der Waals surface area contributed by atoms with Crippen LogP contribution in [0.2, 0.25) is 0 Å². The van der Waals surface area contributed by atoms with E-state index in [1.807, 2.05) is 24.3 Å². The van der Waals surface area contributed by atoms with E-state index in [1.54, 1.807) is 19.9 Å². The average molecular weight is 383 g/mol. The highest BCUT2D eigenvalue weighted by Gasteiger charge is 2.25. The van der Waals surface area contributed by atoms with Crippen molar-refractivity contribution < 1.29 is 9.90 Å². The summed E-state index contributed by atoms with van der Waals surface area (Å²) >= 11 is 0. The van der Waals surface area contributed by atoms with Crippen molar-refractivity contribution in [2.75, 3.05) is 0 Å². The largest absolute Gasteiger partial charge is 0.389 e. The Hall–Kier alpha value is -2.27. The predicted molar refractivity (Wildman–Crippen MR) is 110 cm³/mol. The minimum Gasteiger partial charge on any atom is -0.389 e. The van der Waals surface area contributed by atoms with Crippen LogP contribution in [0.25, 0.3) is 0 Å². The second-order valence-corrected chi connectivity index (χ2v) is 8.94. The van der Waals surface area contributed by atoms with Crippen molar-refractivity contribution in [2.45, 2.75) is 71.4 Å². The van der Waals surface area contributed by atoms with Gasteiger partial charge in [0.1, 0.15) is 0 Å². The van der Waals surface area contributed by atoms with E-state index < -0.39 is 5.60 Å². The van der Waals surface area contributed by atoms with Crippen molar-refractivity contribution >= 4 is 5.78 Å². The lowest BCUT2D eigenvalue weighted by molar-refractivity contribution is 0.0557. The molecule has 1 aliphatic rings. The Bertz CT molecular complexity index is 905. The Morgan fingerprint density at radius 1 is 1.29 bits per heavy atom. The van der Waals surface area contributed by atoms with Crippen molar-refractivity contribution in [1.82, 2.24) is 9.78 Å². The van der Waals surface area contributed by atoms with E-state index in [4.69, 9.17) is 0 Å². The third-order valence-corrected chi connectivity index (χ3v) is 5.37. The van der Waals surface area contributed by atoms with Crippen LogP contribution >= 0.6 is 0 Å². The van der Waals surface area contributed by atoms with Gasteiger partial charge in [-0.2, -0.15) is 5.10 Å². The summed E-state index contributed by atoms with van der Waals surface area (Å²) in [6.07, 6.45) is 2.84. The van der Waals surface area contributed by atoms with Crippen LogP contribution in [0.4, 0.5) is 0 Å². The van der Waals surface area contributed by atoms with E-state index in [9.17, 15) is 14.7 Å². The van der Waals surface area contributed by atoms with Gasteiger partial charge in [0.15, 0.2) is 5.78 Å². The Balaban J connectivity index is 1.69. The van der Waals surface area contributed by atoms with Gasteiger partial charge in [-0.3, -0.25) is 9.59 Å². The van der Waals surface area contributed by atoms with Gasteiger partial charge in [0.25, 0.3) is 5.56 Å². The number of rotatable bonds is 6. The Morgan fingerprint density at radius 3 is 2.57 bits per heavy atom. The smallest absolute Gasteiger partial charge is 0.267 e. The molecule has 0 saturated heterocycles. The number of aromatic nitrogens is 2. The summed E-state index contributed by atoms with van der Waals surface area (Å²) in [5, 5.41) is 14.4. The van der Waals surface area contributed by atoms with Gasteiger partial charge in [0.05, 0.1) is 17.8 Å². The van der Waals surface area contributed by atoms with Crippen molar-refractivity contribution in [1.29, 1.82) is 0 Å². The standard InChI is InChI=1S/C23H30N2O3/c1-15(2)17-6-8-18(9-7-17)21(26)12-16-5-10-20-19(11-16)13-22(27)25(24-20)14-23(3,4)28/h6-9,13,15-16,28H,5,10-12,14H2,1-4H3. The second-order valence-electron chi connectivity index (χ2n) is 8.94. The van der Waals surface area contributed by atoms with Gasteiger partial charge in [0, 0.05) is 18.1 Å². The number of Topliss-reactive ketones (excluding diaryl/α,β-unsaturated/α-hetero) is 1. The molecule has 5 heteroatoms. The first-order valence-electron chi connectivity index (χ1n) is 10.1. The molecule has 1 aliphatic carbocycles. The highest BCUT2D eigenvalue weighted by Crippen LogP contribution is 2.27. The molecular weight excluding hydrogens is 352 g/mol. The first-order valence-corrected chi connectivity index (χ1v) is 10.1. The summed E-state index contributed by atoms with van der Waals surface area (Å²) in [7, 11) is 0. The van der Waals surface area contributed by atoms with Crippen LogP contribution in [0, 0.1) is 5.92 Å². The number of aliphatic hydroxyl groups is 1. The van der Waals surface area contributed by atoms with E-state index >= 15 is 0 Å². The summed E-state index contributed by atoms with van der Waals surface area (Å²) in [4.78, 5) is 25.0. The van der Waals surface area contributed by atoms with E-state index in [0.29, 0.717) is 18.8 Å². The molecule has 0 radical (unpaired) electrons. The Morgan fingerprint density at radius 2 is 1.96 bits per heavy atom. The molecule has 1 N–H and O–H groups in total. The number of carbonyl (C=O) groups is 1. The van der Waals surface area contributed by atoms with Crippen molar-refractivity contribution in [3.8, 4) is 0 Å². The van der Waals surface area contributed by atoms with E-state index in [-0.39, 0.29) is 23.8 Å². The molecule has 1 heterocycles. The minimum absolute atomic E-state index is 0.159. The zero-order valence-electron chi connectivity index (χ0n) is 17.2. The Kier molecular flexibility index (Phi) is 5.84. The molecule has 1 unspecified atom stereocenters. The number of hydrogen-bond donors (Lipinski definition) is 1. The normalized spacial score (nSPS) is 16.9. The lowest BCUT2D eigenvalue weighted by Gasteiger charge is -2.25. The number of ketones is 1. The number of nitrogens with zero attached hydrogens (tertiary/aromatic N) is 2. The molecule has 0 saturated carbocycles. The third kappa shape index (κ3) is 4.96. The van der Waals surface area contributed by atoms with Gasteiger partial charge in [0.2, 0.25) is 0 Å². The van der Waals surface area contributed by atoms with E-state index in [1.165, 1.54) is 10.2 Å². The van der Waals surface area contributed by atoms with Crippen LogP contribution < -0.4 is 5.56 Å². The molecule has 0 fully saturated rings. The lowest BCUT2D eigenvalue weighted by Crippen LogP contribution is -2.36. The second kappa shape index (κ2) is 8.00. The molecular formula is C23H30N2O3. The molecule has 1 atom stereocenters. The fourth-order valence-corrected chi connectivity index (χ4v) is 3.80. The van der Waals surface area contributed by atoms with Gasteiger partial charge in [-0.15, -0.1) is 0 Å². The van der Waals surface area contributed by atoms with Gasteiger partial charge >= 0.3 is 0 Å². The van der Waals surface area contributed by atoms with Gasteiger partial charge in [-0.1, -0.05) is 38.1 Å². The third-order valence-electron chi connectivity index (χ3n) is 5.37. The summed E-state index contributed by atoms with van der Waals surface area (Å²) in [5.74, 6) is 0.843. The number of fused-ring (bicyclic) bond motifs is 1. The molecule has 5 nitrogen and oxygen atoms in total. The topological polar surface area (TPSA) is 72.2 Å². The molecule has 1 aromatic heterocycles. The summed E-state index contributed by atoms with van der Waals surface area (Å²) in [6, 6.07) is 9.53. The number of carbonyl (C=O) groups excluding carboxylic acids is 1. The highest BCUT2D eigenvalue weighted by atomic mass is 16.3. The monoisotopic (exact) mass is 382 g/mol. The molecule has 28 heavy (non-hydrogen) atoms.